The van der Waals surface area contributed by atoms with Crippen molar-refractivity contribution < 1.29 is 9.66 Å². The molecule has 5 heteroatoms. The second-order valence-corrected chi connectivity index (χ2v) is 5.17. The number of benzene rings is 2. The molecule has 110 valence electrons. The molecule has 4 nitrogen and oxygen atoms in total. The Hall–Kier alpha value is -2.07. The van der Waals surface area contributed by atoms with E-state index in [4.69, 9.17) is 16.3 Å². The number of halogens is 1. The van der Waals surface area contributed by atoms with E-state index in [1.807, 2.05) is 32.0 Å². The molecule has 0 fully saturated rings. The van der Waals surface area contributed by atoms with Gasteiger partial charge >= 0.3 is 5.69 Å². The molecule has 0 radical (unpaired) electrons. The second kappa shape index (κ2) is 6.59. The van der Waals surface area contributed by atoms with E-state index >= 15 is 0 Å². The topological polar surface area (TPSA) is 52.4 Å². The maximum Gasteiger partial charge on any atom is 0.310 e. The van der Waals surface area contributed by atoms with Gasteiger partial charge in [0.15, 0.2) is 5.75 Å². The first-order chi connectivity index (χ1) is 10.0. The summed E-state index contributed by atoms with van der Waals surface area (Å²) < 4.78 is 5.62. The van der Waals surface area contributed by atoms with Crippen molar-refractivity contribution in [3.63, 3.8) is 0 Å². The van der Waals surface area contributed by atoms with Gasteiger partial charge in [-0.2, -0.15) is 0 Å². The molecule has 0 N–H and O–H groups in total. The van der Waals surface area contributed by atoms with E-state index < -0.39 is 4.92 Å². The molecule has 0 aliphatic rings. The van der Waals surface area contributed by atoms with E-state index in [0.717, 1.165) is 11.1 Å². The number of rotatable bonds is 5. The van der Waals surface area contributed by atoms with Gasteiger partial charge < -0.3 is 4.74 Å². The van der Waals surface area contributed by atoms with Gasteiger partial charge in [0.05, 0.1) is 4.92 Å². The van der Waals surface area contributed by atoms with Crippen molar-refractivity contribution in [1.82, 2.24) is 0 Å². The highest BCUT2D eigenvalue weighted by atomic mass is 35.5. The van der Waals surface area contributed by atoms with Crippen LogP contribution in [0.4, 0.5) is 5.69 Å². The van der Waals surface area contributed by atoms with Crippen LogP contribution in [0.2, 0.25) is 0 Å². The predicted molar refractivity (Wildman–Crippen MR) is 82.9 cm³/mol. The maximum absolute atomic E-state index is 11.0. The molecule has 0 heterocycles. The minimum atomic E-state index is -0.451. The number of nitrogens with zero attached hydrogens (tertiary/aromatic N) is 1. The number of hydrogen-bond donors (Lipinski definition) is 0. The number of ether oxygens (including phenoxy) is 1. The summed E-state index contributed by atoms with van der Waals surface area (Å²) >= 11 is 5.76. The van der Waals surface area contributed by atoms with E-state index in [1.54, 1.807) is 12.1 Å². The second-order valence-electron chi connectivity index (χ2n) is 4.90. The maximum atomic E-state index is 11.0. The Labute approximate surface area is 128 Å². The van der Waals surface area contributed by atoms with Gasteiger partial charge in [-0.15, -0.1) is 11.6 Å². The highest BCUT2D eigenvalue weighted by molar-refractivity contribution is 6.17. The zero-order valence-electron chi connectivity index (χ0n) is 11.9. The molecule has 2 rings (SSSR count). The first kappa shape index (κ1) is 15.3. The monoisotopic (exact) mass is 305 g/mol. The molecule has 0 spiro atoms. The Morgan fingerprint density at radius 1 is 1.10 bits per heavy atom. The standard InChI is InChI=1S/C16H16ClNO3/c1-11-3-4-14(7-12(11)2)10-21-16-8-13(9-17)5-6-15(16)18(19)20/h3-8H,9-10H2,1-2H3. The van der Waals surface area contributed by atoms with Crippen molar-refractivity contribution in [2.24, 2.45) is 0 Å². The number of alkyl halides is 1. The van der Waals surface area contributed by atoms with E-state index in [1.165, 1.54) is 17.2 Å². The van der Waals surface area contributed by atoms with E-state index in [2.05, 4.69) is 0 Å². The van der Waals surface area contributed by atoms with Crippen molar-refractivity contribution in [3.8, 4) is 5.75 Å². The zero-order valence-corrected chi connectivity index (χ0v) is 12.7. The lowest BCUT2D eigenvalue weighted by atomic mass is 10.1. The van der Waals surface area contributed by atoms with Crippen LogP contribution in [-0.4, -0.2) is 4.92 Å². The molecule has 2 aromatic rings. The van der Waals surface area contributed by atoms with Crippen LogP contribution in [0.5, 0.6) is 5.75 Å². The summed E-state index contributed by atoms with van der Waals surface area (Å²) in [5, 5.41) is 11.0. The zero-order chi connectivity index (χ0) is 15.4. The lowest BCUT2D eigenvalue weighted by molar-refractivity contribution is -0.386. The predicted octanol–water partition coefficient (Wildman–Crippen LogP) is 4.53. The van der Waals surface area contributed by atoms with Crippen LogP contribution >= 0.6 is 11.6 Å². The average molecular weight is 306 g/mol. The van der Waals surface area contributed by atoms with Crippen molar-refractivity contribution in [3.05, 3.63) is 68.8 Å². The number of nitro benzene ring substituents is 1. The largest absolute Gasteiger partial charge is 0.482 e. The van der Waals surface area contributed by atoms with Crippen LogP contribution in [0.25, 0.3) is 0 Å². The van der Waals surface area contributed by atoms with Gasteiger partial charge in [-0.1, -0.05) is 24.3 Å². The van der Waals surface area contributed by atoms with Gasteiger partial charge in [0.25, 0.3) is 0 Å². The fourth-order valence-corrected chi connectivity index (χ4v) is 2.13. The number of nitro groups is 1. The van der Waals surface area contributed by atoms with Crippen molar-refractivity contribution in [2.75, 3.05) is 0 Å². The van der Waals surface area contributed by atoms with Crippen molar-refractivity contribution in [2.45, 2.75) is 26.3 Å². The average Bonchev–Trinajstić information content (AvgIpc) is 2.48. The molecule has 0 aliphatic heterocycles. The number of hydrogen-bond acceptors (Lipinski definition) is 3. The Morgan fingerprint density at radius 2 is 1.81 bits per heavy atom. The van der Waals surface area contributed by atoms with Gasteiger partial charge in [0, 0.05) is 11.9 Å². The fourth-order valence-electron chi connectivity index (χ4n) is 1.96. The fraction of sp³-hybridized carbons (Fsp3) is 0.250. The Balaban J connectivity index is 2.21. The minimum Gasteiger partial charge on any atom is -0.482 e. The van der Waals surface area contributed by atoms with Gasteiger partial charge in [-0.05, 0) is 42.2 Å². The highest BCUT2D eigenvalue weighted by Crippen LogP contribution is 2.29. The van der Waals surface area contributed by atoms with E-state index in [0.29, 0.717) is 0 Å². The Morgan fingerprint density at radius 3 is 2.43 bits per heavy atom. The van der Waals surface area contributed by atoms with Crippen LogP contribution in [0.1, 0.15) is 22.3 Å². The molecule has 2 aromatic carbocycles. The summed E-state index contributed by atoms with van der Waals surface area (Å²) in [6, 6.07) is 10.7. The molecule has 0 atom stereocenters. The molecule has 0 unspecified atom stereocenters. The SMILES string of the molecule is Cc1ccc(COc2cc(CCl)ccc2[N+](=O)[O-])cc1C. The lowest BCUT2D eigenvalue weighted by Gasteiger charge is -2.09. The van der Waals surface area contributed by atoms with Gasteiger partial charge in [0.2, 0.25) is 0 Å². The summed E-state index contributed by atoms with van der Waals surface area (Å²) in [4.78, 5) is 10.6. The van der Waals surface area contributed by atoms with Crippen LogP contribution in [0.15, 0.2) is 36.4 Å². The smallest absolute Gasteiger partial charge is 0.310 e. The molecule has 0 bridgehead atoms. The van der Waals surface area contributed by atoms with Crippen LogP contribution in [-0.2, 0) is 12.5 Å². The quantitative estimate of drug-likeness (QED) is 0.463. The van der Waals surface area contributed by atoms with Gasteiger partial charge in [0.1, 0.15) is 6.61 Å². The third-order valence-electron chi connectivity index (χ3n) is 3.34. The van der Waals surface area contributed by atoms with Gasteiger partial charge in [-0.25, -0.2) is 0 Å². The number of aryl methyl sites for hydroxylation is 2. The van der Waals surface area contributed by atoms with Crippen molar-refractivity contribution >= 4 is 17.3 Å². The highest BCUT2D eigenvalue weighted by Gasteiger charge is 2.15. The van der Waals surface area contributed by atoms with E-state index in [9.17, 15) is 10.1 Å². The summed E-state index contributed by atoms with van der Waals surface area (Å²) in [7, 11) is 0. The van der Waals surface area contributed by atoms with E-state index in [-0.39, 0.29) is 23.9 Å². The molecule has 0 aromatic heterocycles. The molecule has 0 aliphatic carbocycles. The molecule has 0 saturated carbocycles. The lowest BCUT2D eigenvalue weighted by Crippen LogP contribution is -2.00. The molecular formula is C16H16ClNO3. The van der Waals surface area contributed by atoms with Crippen molar-refractivity contribution in [1.29, 1.82) is 0 Å². The summed E-state index contributed by atoms with van der Waals surface area (Å²) in [5.74, 6) is 0.536. The third kappa shape index (κ3) is 3.73. The first-order valence-corrected chi connectivity index (χ1v) is 7.07. The van der Waals surface area contributed by atoms with Crippen LogP contribution < -0.4 is 4.74 Å². The minimum absolute atomic E-state index is 0.0484. The van der Waals surface area contributed by atoms with Crippen LogP contribution in [0.3, 0.4) is 0 Å². The normalized spacial score (nSPS) is 10.4. The molecule has 0 saturated heterocycles. The molecule has 21 heavy (non-hydrogen) atoms. The first-order valence-electron chi connectivity index (χ1n) is 6.53. The summed E-state index contributed by atoms with van der Waals surface area (Å²) in [5.41, 5.74) is 4.09. The molecule has 0 amide bonds. The Bertz CT molecular complexity index is 671. The van der Waals surface area contributed by atoms with Crippen LogP contribution in [0, 0.1) is 24.0 Å². The third-order valence-corrected chi connectivity index (χ3v) is 3.65. The summed E-state index contributed by atoms with van der Waals surface area (Å²) in [6.45, 7) is 4.35. The molecular weight excluding hydrogens is 290 g/mol. The summed E-state index contributed by atoms with van der Waals surface area (Å²) in [6.07, 6.45) is 0. The van der Waals surface area contributed by atoms with Gasteiger partial charge in [-0.3, -0.25) is 10.1 Å². The Kier molecular flexibility index (Phi) is 4.81.